The fourth-order valence-corrected chi connectivity index (χ4v) is 2.57. The van der Waals surface area contributed by atoms with Crippen LogP contribution in [0.1, 0.15) is 56.8 Å². The first-order chi connectivity index (χ1) is 10.3. The number of halogens is 1. The number of hydrogen-bond donors (Lipinski definition) is 1. The van der Waals surface area contributed by atoms with Gasteiger partial charge in [-0.25, -0.2) is 0 Å². The van der Waals surface area contributed by atoms with Crippen LogP contribution in [0.5, 0.6) is 0 Å². The summed E-state index contributed by atoms with van der Waals surface area (Å²) in [7, 11) is -4.73. The summed E-state index contributed by atoms with van der Waals surface area (Å²) in [6.07, 6.45) is 3.91. The molecule has 0 aliphatic carbocycles. The van der Waals surface area contributed by atoms with E-state index >= 15 is 0 Å². The molecule has 0 saturated heterocycles. The molecule has 0 aliphatic heterocycles. The van der Waals surface area contributed by atoms with E-state index < -0.39 is 15.1 Å². The summed E-state index contributed by atoms with van der Waals surface area (Å²) in [5.74, 6) is 0.360. The lowest BCUT2D eigenvalue weighted by Crippen LogP contribution is -2.34. The van der Waals surface area contributed by atoms with Gasteiger partial charge in [0.15, 0.2) is 0 Å². The molecular formula is C16H24FNO3S. The van der Waals surface area contributed by atoms with Gasteiger partial charge in [-0.15, -0.1) is 3.89 Å². The highest BCUT2D eigenvalue weighted by molar-refractivity contribution is 7.86. The molecule has 0 fully saturated rings. The molecule has 1 aromatic rings. The van der Waals surface area contributed by atoms with Gasteiger partial charge in [0.05, 0.1) is 4.90 Å². The van der Waals surface area contributed by atoms with Gasteiger partial charge in [-0.1, -0.05) is 27.2 Å². The Morgan fingerprint density at radius 1 is 1.14 bits per heavy atom. The van der Waals surface area contributed by atoms with E-state index in [1.54, 1.807) is 0 Å². The van der Waals surface area contributed by atoms with Crippen LogP contribution in [-0.4, -0.2) is 20.4 Å². The smallest absolute Gasteiger partial charge is 0.332 e. The highest BCUT2D eigenvalue weighted by Gasteiger charge is 2.15. The Kier molecular flexibility index (Phi) is 7.00. The van der Waals surface area contributed by atoms with Crippen LogP contribution in [0.3, 0.4) is 0 Å². The number of carbonyl (C=O) groups excluding carboxylic acids is 1. The van der Waals surface area contributed by atoms with Gasteiger partial charge in [0.1, 0.15) is 0 Å². The van der Waals surface area contributed by atoms with Crippen molar-refractivity contribution in [2.75, 3.05) is 0 Å². The van der Waals surface area contributed by atoms with Crippen molar-refractivity contribution in [2.24, 2.45) is 5.92 Å². The zero-order valence-corrected chi connectivity index (χ0v) is 14.1. The second-order valence-corrected chi connectivity index (χ2v) is 6.98. The second-order valence-electron chi connectivity index (χ2n) is 5.63. The van der Waals surface area contributed by atoms with Crippen molar-refractivity contribution in [1.29, 1.82) is 0 Å². The van der Waals surface area contributed by atoms with E-state index in [1.807, 2.05) is 6.92 Å². The summed E-state index contributed by atoms with van der Waals surface area (Å²) >= 11 is 0. The Bertz CT molecular complexity index is 584. The highest BCUT2D eigenvalue weighted by Crippen LogP contribution is 2.15. The Balaban J connectivity index is 2.67. The van der Waals surface area contributed by atoms with Gasteiger partial charge in [-0.05, 0) is 49.4 Å². The lowest BCUT2D eigenvalue weighted by molar-refractivity contribution is 0.0932. The second kappa shape index (κ2) is 8.27. The van der Waals surface area contributed by atoms with Crippen LogP contribution in [0.25, 0.3) is 0 Å². The third-order valence-electron chi connectivity index (χ3n) is 3.93. The number of hydrogen-bond acceptors (Lipinski definition) is 3. The Labute approximate surface area is 132 Å². The van der Waals surface area contributed by atoms with Crippen molar-refractivity contribution in [2.45, 2.75) is 57.4 Å². The quantitative estimate of drug-likeness (QED) is 0.740. The van der Waals surface area contributed by atoms with Gasteiger partial charge < -0.3 is 5.32 Å². The summed E-state index contributed by atoms with van der Waals surface area (Å²) in [5, 5.41) is 2.94. The minimum Gasteiger partial charge on any atom is -0.349 e. The molecule has 0 aromatic heterocycles. The standard InChI is InChI=1S/C16H24FNO3S/c1-4-12(3)6-9-14(5-2)18-16(19)13-7-10-15(11-8-13)22(17,20)21/h7-8,10-12,14H,4-6,9H2,1-3H3,(H,18,19). The molecule has 2 unspecified atom stereocenters. The Morgan fingerprint density at radius 3 is 2.18 bits per heavy atom. The molecule has 124 valence electrons. The molecule has 1 rings (SSSR count). The van der Waals surface area contributed by atoms with E-state index in [0.717, 1.165) is 37.8 Å². The molecule has 0 bridgehead atoms. The van der Waals surface area contributed by atoms with Crippen LogP contribution in [0.4, 0.5) is 3.89 Å². The summed E-state index contributed by atoms with van der Waals surface area (Å²) in [6, 6.07) is 4.94. The average Bonchev–Trinajstić information content (AvgIpc) is 2.50. The molecule has 2 atom stereocenters. The molecule has 0 heterocycles. The number of nitrogens with one attached hydrogen (secondary N) is 1. The van der Waals surface area contributed by atoms with Crippen molar-refractivity contribution in [3.63, 3.8) is 0 Å². The van der Waals surface area contributed by atoms with E-state index in [0.29, 0.717) is 11.5 Å². The predicted octanol–water partition coefficient (Wildman–Crippen LogP) is 3.68. The minimum atomic E-state index is -4.73. The number of rotatable bonds is 8. The van der Waals surface area contributed by atoms with Crippen LogP contribution < -0.4 is 5.32 Å². The summed E-state index contributed by atoms with van der Waals surface area (Å²) in [4.78, 5) is 11.7. The normalized spacial score (nSPS) is 14.4. The third-order valence-corrected chi connectivity index (χ3v) is 4.77. The topological polar surface area (TPSA) is 63.2 Å². The molecule has 1 N–H and O–H groups in total. The van der Waals surface area contributed by atoms with Crippen molar-refractivity contribution in [3.05, 3.63) is 29.8 Å². The van der Waals surface area contributed by atoms with Crippen molar-refractivity contribution in [3.8, 4) is 0 Å². The summed E-state index contributed by atoms with van der Waals surface area (Å²) in [5.41, 5.74) is 0.328. The monoisotopic (exact) mass is 329 g/mol. The maximum Gasteiger partial charge on any atom is 0.332 e. The lowest BCUT2D eigenvalue weighted by Gasteiger charge is -2.19. The van der Waals surface area contributed by atoms with Crippen LogP contribution in [0.15, 0.2) is 29.2 Å². The molecule has 6 heteroatoms. The highest BCUT2D eigenvalue weighted by atomic mass is 32.3. The number of carbonyl (C=O) groups is 1. The van der Waals surface area contributed by atoms with Crippen LogP contribution >= 0.6 is 0 Å². The van der Waals surface area contributed by atoms with E-state index in [1.165, 1.54) is 12.1 Å². The van der Waals surface area contributed by atoms with Crippen LogP contribution in [0, 0.1) is 5.92 Å². The van der Waals surface area contributed by atoms with Gasteiger partial charge in [-0.2, -0.15) is 8.42 Å². The van der Waals surface area contributed by atoms with Gasteiger partial charge in [-0.3, -0.25) is 4.79 Å². The van der Waals surface area contributed by atoms with E-state index in [-0.39, 0.29) is 11.9 Å². The molecule has 4 nitrogen and oxygen atoms in total. The minimum absolute atomic E-state index is 0.0890. The predicted molar refractivity (Wildman–Crippen MR) is 85.0 cm³/mol. The first kappa shape index (κ1) is 18.6. The number of amides is 1. The zero-order chi connectivity index (χ0) is 16.8. The summed E-state index contributed by atoms with van der Waals surface area (Å²) < 4.78 is 34.3. The van der Waals surface area contributed by atoms with E-state index in [9.17, 15) is 17.1 Å². The maximum atomic E-state index is 12.8. The van der Waals surface area contributed by atoms with E-state index in [2.05, 4.69) is 19.2 Å². The fraction of sp³-hybridized carbons (Fsp3) is 0.562. The van der Waals surface area contributed by atoms with E-state index in [4.69, 9.17) is 0 Å². The average molecular weight is 329 g/mol. The SMILES string of the molecule is CCC(C)CCC(CC)NC(=O)c1ccc(S(=O)(=O)F)cc1. The largest absolute Gasteiger partial charge is 0.349 e. The maximum absolute atomic E-state index is 12.8. The zero-order valence-electron chi connectivity index (χ0n) is 13.3. The van der Waals surface area contributed by atoms with Crippen molar-refractivity contribution >= 4 is 16.1 Å². The van der Waals surface area contributed by atoms with Gasteiger partial charge >= 0.3 is 10.2 Å². The number of benzene rings is 1. The molecule has 1 aromatic carbocycles. The van der Waals surface area contributed by atoms with Crippen LogP contribution in [-0.2, 0) is 10.2 Å². The molecule has 0 radical (unpaired) electrons. The molecule has 0 aliphatic rings. The molecule has 22 heavy (non-hydrogen) atoms. The molecule has 0 saturated carbocycles. The Hall–Kier alpha value is -1.43. The lowest BCUT2D eigenvalue weighted by atomic mass is 9.98. The first-order valence-corrected chi connectivity index (χ1v) is 9.01. The Morgan fingerprint density at radius 2 is 1.73 bits per heavy atom. The molecular weight excluding hydrogens is 305 g/mol. The van der Waals surface area contributed by atoms with Gasteiger partial charge in [0.2, 0.25) is 0 Å². The molecule has 0 spiro atoms. The molecule has 1 amide bonds. The van der Waals surface area contributed by atoms with Gasteiger partial charge in [0, 0.05) is 11.6 Å². The van der Waals surface area contributed by atoms with Crippen molar-refractivity contribution in [1.82, 2.24) is 5.32 Å². The van der Waals surface area contributed by atoms with Gasteiger partial charge in [0.25, 0.3) is 5.91 Å². The first-order valence-electron chi connectivity index (χ1n) is 7.63. The van der Waals surface area contributed by atoms with Crippen molar-refractivity contribution < 1.29 is 17.1 Å². The fourth-order valence-electron chi connectivity index (χ4n) is 2.11. The third kappa shape index (κ3) is 5.75. The van der Waals surface area contributed by atoms with Crippen LogP contribution in [0.2, 0.25) is 0 Å². The summed E-state index contributed by atoms with van der Waals surface area (Å²) in [6.45, 7) is 6.34.